The molecule has 1 heterocycles. The van der Waals surface area contributed by atoms with Gasteiger partial charge in [-0.3, -0.25) is 9.59 Å². The average molecular weight is 274 g/mol. The van der Waals surface area contributed by atoms with Gasteiger partial charge in [0.25, 0.3) is 0 Å². The van der Waals surface area contributed by atoms with Crippen molar-refractivity contribution in [3.8, 4) is 0 Å². The molecule has 0 saturated heterocycles. The van der Waals surface area contributed by atoms with Gasteiger partial charge >= 0.3 is 11.1 Å². The normalized spacial score (nSPS) is 22.9. The van der Waals surface area contributed by atoms with E-state index in [4.69, 9.17) is 5.73 Å². The smallest absolute Gasteiger partial charge is 0.314 e. The van der Waals surface area contributed by atoms with Crippen molar-refractivity contribution in [2.45, 2.75) is 37.8 Å². The van der Waals surface area contributed by atoms with Crippen LogP contribution in [0.2, 0.25) is 0 Å². The molecule has 5 N–H and O–H groups in total. The predicted molar refractivity (Wildman–Crippen MR) is 79.0 cm³/mol. The highest BCUT2D eigenvalue weighted by molar-refractivity contribution is 5.78. The first-order chi connectivity index (χ1) is 9.61. The summed E-state index contributed by atoms with van der Waals surface area (Å²) in [6.45, 7) is 0. The number of nitrogens with one attached hydrogen (secondary N) is 3. The van der Waals surface area contributed by atoms with E-state index in [1.54, 1.807) is 6.07 Å². The molecule has 1 aromatic heterocycles. The van der Waals surface area contributed by atoms with E-state index in [-0.39, 0.29) is 0 Å². The lowest BCUT2D eigenvalue weighted by atomic mass is 9.91. The van der Waals surface area contributed by atoms with Crippen LogP contribution in [0.3, 0.4) is 0 Å². The monoisotopic (exact) mass is 274 g/mol. The summed E-state index contributed by atoms with van der Waals surface area (Å²) in [6, 6.07) is 6.29. The molecule has 6 heteroatoms. The summed E-state index contributed by atoms with van der Waals surface area (Å²) in [7, 11) is 0. The van der Waals surface area contributed by atoms with Crippen molar-refractivity contribution in [2.75, 3.05) is 5.32 Å². The van der Waals surface area contributed by atoms with Crippen LogP contribution >= 0.6 is 0 Å². The Kier molecular flexibility index (Phi) is 3.31. The molecule has 0 spiro atoms. The highest BCUT2D eigenvalue weighted by Gasteiger charge is 2.18. The number of hydrogen-bond donors (Lipinski definition) is 4. The van der Waals surface area contributed by atoms with Crippen molar-refractivity contribution in [2.24, 2.45) is 5.73 Å². The van der Waals surface area contributed by atoms with E-state index in [0.29, 0.717) is 23.1 Å². The zero-order valence-corrected chi connectivity index (χ0v) is 11.1. The number of nitrogens with two attached hydrogens (primary N) is 1. The van der Waals surface area contributed by atoms with Gasteiger partial charge in [0.05, 0.1) is 11.0 Å². The number of benzene rings is 1. The Hall–Kier alpha value is -2.08. The maximum absolute atomic E-state index is 11.3. The molecule has 0 bridgehead atoms. The van der Waals surface area contributed by atoms with Crippen LogP contribution in [0, 0.1) is 0 Å². The zero-order valence-electron chi connectivity index (χ0n) is 11.1. The molecule has 3 rings (SSSR count). The largest absolute Gasteiger partial charge is 0.382 e. The first-order valence-corrected chi connectivity index (χ1v) is 6.90. The van der Waals surface area contributed by atoms with Gasteiger partial charge in [-0.15, -0.1) is 0 Å². The topological polar surface area (TPSA) is 104 Å². The molecule has 0 radical (unpaired) electrons. The molecule has 1 aliphatic rings. The Morgan fingerprint density at radius 3 is 2.35 bits per heavy atom. The molecule has 106 valence electrons. The molecule has 0 aliphatic heterocycles. The summed E-state index contributed by atoms with van der Waals surface area (Å²) in [5, 5.41) is 3.46. The van der Waals surface area contributed by atoms with Gasteiger partial charge in [-0.2, -0.15) is 0 Å². The van der Waals surface area contributed by atoms with Gasteiger partial charge in [0.1, 0.15) is 0 Å². The fraction of sp³-hybridized carbons (Fsp3) is 0.429. The van der Waals surface area contributed by atoms with Crippen LogP contribution in [0.1, 0.15) is 25.7 Å². The van der Waals surface area contributed by atoms with Crippen LogP contribution in [-0.4, -0.2) is 22.1 Å². The van der Waals surface area contributed by atoms with Crippen LogP contribution in [0.4, 0.5) is 5.69 Å². The van der Waals surface area contributed by atoms with Gasteiger partial charge in [-0.05, 0) is 43.9 Å². The molecular weight excluding hydrogens is 256 g/mol. The van der Waals surface area contributed by atoms with Gasteiger partial charge in [0, 0.05) is 17.8 Å². The van der Waals surface area contributed by atoms with Gasteiger partial charge < -0.3 is 21.0 Å². The highest BCUT2D eigenvalue weighted by atomic mass is 16.2. The summed E-state index contributed by atoms with van der Waals surface area (Å²) in [5.41, 5.74) is 6.85. The third-order valence-corrected chi connectivity index (χ3v) is 3.86. The van der Waals surface area contributed by atoms with Crippen molar-refractivity contribution in [1.29, 1.82) is 0 Å². The van der Waals surface area contributed by atoms with E-state index < -0.39 is 11.1 Å². The van der Waals surface area contributed by atoms with E-state index in [1.165, 1.54) is 0 Å². The first-order valence-electron chi connectivity index (χ1n) is 6.90. The SMILES string of the molecule is NC1CCC(Nc2ccc3[nH]c(=O)c(=O)[nH]c3c2)CC1. The standard InChI is InChI=1S/C14H18N4O2/c15-8-1-3-9(4-2-8)16-10-5-6-11-12(7-10)18-14(20)13(19)17-11/h5-9,16H,1-4,15H2,(H,17,19)(H,18,20). The number of hydrogen-bond acceptors (Lipinski definition) is 4. The Morgan fingerprint density at radius 1 is 1.00 bits per heavy atom. The molecule has 20 heavy (non-hydrogen) atoms. The molecule has 0 atom stereocenters. The van der Waals surface area contributed by atoms with Crippen molar-refractivity contribution in [3.05, 3.63) is 38.9 Å². The number of fused-ring (bicyclic) bond motifs is 1. The van der Waals surface area contributed by atoms with Crippen molar-refractivity contribution in [1.82, 2.24) is 9.97 Å². The molecule has 1 aromatic carbocycles. The molecule has 0 unspecified atom stereocenters. The average Bonchev–Trinajstić information content (AvgIpc) is 2.43. The maximum atomic E-state index is 11.3. The first kappa shape index (κ1) is 12.9. The molecule has 1 saturated carbocycles. The third kappa shape index (κ3) is 2.60. The minimum absolute atomic E-state index is 0.325. The quantitative estimate of drug-likeness (QED) is 0.611. The molecule has 1 aliphatic carbocycles. The summed E-state index contributed by atoms with van der Waals surface area (Å²) in [4.78, 5) is 27.7. The van der Waals surface area contributed by atoms with Crippen LogP contribution < -0.4 is 22.2 Å². The van der Waals surface area contributed by atoms with Crippen LogP contribution in [-0.2, 0) is 0 Å². The van der Waals surface area contributed by atoms with Crippen LogP contribution in [0.25, 0.3) is 11.0 Å². The number of H-pyrrole nitrogens is 2. The predicted octanol–water partition coefficient (Wildman–Crippen LogP) is 0.898. The summed E-state index contributed by atoms with van der Waals surface area (Å²) >= 11 is 0. The zero-order chi connectivity index (χ0) is 14.1. The second-order valence-corrected chi connectivity index (χ2v) is 5.42. The van der Waals surface area contributed by atoms with Crippen LogP contribution in [0.5, 0.6) is 0 Å². The number of rotatable bonds is 2. The molecular formula is C14H18N4O2. The van der Waals surface area contributed by atoms with E-state index in [0.717, 1.165) is 31.4 Å². The van der Waals surface area contributed by atoms with Gasteiger partial charge in [-0.1, -0.05) is 0 Å². The fourth-order valence-corrected chi connectivity index (χ4v) is 2.70. The highest BCUT2D eigenvalue weighted by Crippen LogP contribution is 2.22. The van der Waals surface area contributed by atoms with Gasteiger partial charge in [0.2, 0.25) is 0 Å². The third-order valence-electron chi connectivity index (χ3n) is 3.86. The van der Waals surface area contributed by atoms with Crippen molar-refractivity contribution < 1.29 is 0 Å². The Bertz CT molecular complexity index is 726. The lowest BCUT2D eigenvalue weighted by molar-refractivity contribution is 0.411. The second-order valence-electron chi connectivity index (χ2n) is 5.42. The van der Waals surface area contributed by atoms with Gasteiger partial charge in [-0.25, -0.2) is 0 Å². The summed E-state index contributed by atoms with van der Waals surface area (Å²) < 4.78 is 0. The minimum atomic E-state index is -0.627. The summed E-state index contributed by atoms with van der Waals surface area (Å²) in [5.74, 6) is 0. The maximum Gasteiger partial charge on any atom is 0.314 e. The lowest BCUT2D eigenvalue weighted by Gasteiger charge is -2.27. The summed E-state index contributed by atoms with van der Waals surface area (Å²) in [6.07, 6.45) is 4.19. The van der Waals surface area contributed by atoms with Gasteiger partial charge in [0.15, 0.2) is 0 Å². The number of aromatic amines is 2. The molecule has 1 fully saturated rings. The fourth-order valence-electron chi connectivity index (χ4n) is 2.70. The number of anilines is 1. The minimum Gasteiger partial charge on any atom is -0.382 e. The molecule has 0 amide bonds. The molecule has 2 aromatic rings. The van der Waals surface area contributed by atoms with Crippen molar-refractivity contribution in [3.63, 3.8) is 0 Å². The van der Waals surface area contributed by atoms with Crippen molar-refractivity contribution >= 4 is 16.7 Å². The second kappa shape index (κ2) is 5.13. The lowest BCUT2D eigenvalue weighted by Crippen LogP contribution is -2.32. The Balaban J connectivity index is 1.84. The van der Waals surface area contributed by atoms with Crippen LogP contribution in [0.15, 0.2) is 27.8 Å². The number of aromatic nitrogens is 2. The van der Waals surface area contributed by atoms with E-state index >= 15 is 0 Å². The van der Waals surface area contributed by atoms with E-state index in [2.05, 4.69) is 15.3 Å². The Labute approximate surface area is 115 Å². The molecule has 6 nitrogen and oxygen atoms in total. The Morgan fingerprint density at radius 2 is 1.65 bits per heavy atom. The van der Waals surface area contributed by atoms with E-state index in [1.807, 2.05) is 12.1 Å². The van der Waals surface area contributed by atoms with E-state index in [9.17, 15) is 9.59 Å².